The molecule has 33 heavy (non-hydrogen) atoms. The van der Waals surface area contributed by atoms with Crippen molar-refractivity contribution in [1.29, 1.82) is 0 Å². The van der Waals surface area contributed by atoms with Crippen LogP contribution in [-0.4, -0.2) is 66.8 Å². The molecule has 2 unspecified atom stereocenters. The lowest BCUT2D eigenvalue weighted by atomic mass is 10.1. The van der Waals surface area contributed by atoms with E-state index in [2.05, 4.69) is 10.3 Å². The van der Waals surface area contributed by atoms with E-state index in [1.54, 1.807) is 17.0 Å². The second kappa shape index (κ2) is 8.05. The number of hydrogen-bond donors (Lipinski definition) is 2. The number of amides is 3. The molecule has 1 fully saturated rings. The Hall–Kier alpha value is -4.21. The number of pyridine rings is 1. The Balaban J connectivity index is 1.49. The van der Waals surface area contributed by atoms with Gasteiger partial charge in [-0.15, -0.1) is 0 Å². The number of carbonyl (C=O) groups is 3. The summed E-state index contributed by atoms with van der Waals surface area (Å²) < 4.78 is 1.92. The van der Waals surface area contributed by atoms with Crippen LogP contribution in [0.3, 0.4) is 0 Å². The van der Waals surface area contributed by atoms with Crippen molar-refractivity contribution in [3.63, 3.8) is 0 Å². The highest BCUT2D eigenvalue weighted by atomic mass is 16.4. The Labute approximate surface area is 189 Å². The number of nitrogens with zero attached hydrogens (tertiary/aromatic N) is 5. The molecular formula is C23H22N6O4. The molecule has 10 nitrogen and oxygen atoms in total. The number of nitrogens with one attached hydrogen (secondary N) is 1. The number of aliphatic imine (C=N–C) groups is 1. The van der Waals surface area contributed by atoms with E-state index < -0.39 is 30.1 Å². The summed E-state index contributed by atoms with van der Waals surface area (Å²) >= 11 is 0. The maximum Gasteiger partial charge on any atom is 0.335 e. The third kappa shape index (κ3) is 3.69. The SMILES string of the molecule is CCN1C(=O)NC(=O)C2C1N=C(Cc1cn3ccccc3n1)N2Cc1ccc(C(=O)O)cc1. The van der Waals surface area contributed by atoms with E-state index in [1.807, 2.05) is 46.8 Å². The molecule has 0 saturated carbocycles. The summed E-state index contributed by atoms with van der Waals surface area (Å²) in [5.74, 6) is -0.745. The van der Waals surface area contributed by atoms with Crippen molar-refractivity contribution < 1.29 is 19.5 Å². The normalized spacial score (nSPS) is 20.1. The zero-order valence-corrected chi connectivity index (χ0v) is 17.9. The van der Waals surface area contributed by atoms with Gasteiger partial charge in [-0.2, -0.15) is 0 Å². The molecule has 1 saturated heterocycles. The minimum absolute atomic E-state index is 0.190. The second-order valence-electron chi connectivity index (χ2n) is 7.99. The van der Waals surface area contributed by atoms with Gasteiger partial charge in [-0.3, -0.25) is 15.0 Å². The van der Waals surface area contributed by atoms with Crippen LogP contribution in [0.15, 0.2) is 59.9 Å². The predicted octanol–water partition coefficient (Wildman–Crippen LogP) is 1.76. The number of benzene rings is 1. The van der Waals surface area contributed by atoms with Crippen LogP contribution < -0.4 is 5.32 Å². The maximum absolute atomic E-state index is 12.9. The number of urea groups is 1. The Morgan fingerprint density at radius 3 is 2.61 bits per heavy atom. The minimum atomic E-state index is -0.999. The average Bonchev–Trinajstić information content (AvgIpc) is 3.36. The number of hydrogen-bond acceptors (Lipinski definition) is 6. The van der Waals surface area contributed by atoms with Gasteiger partial charge in [0.25, 0.3) is 5.91 Å². The van der Waals surface area contributed by atoms with E-state index in [9.17, 15) is 14.4 Å². The first-order valence-electron chi connectivity index (χ1n) is 10.6. The summed E-state index contributed by atoms with van der Waals surface area (Å²) in [6.45, 7) is 2.59. The van der Waals surface area contributed by atoms with Crippen LogP contribution in [0.4, 0.5) is 4.79 Å². The van der Waals surface area contributed by atoms with Crippen LogP contribution in [0.5, 0.6) is 0 Å². The summed E-state index contributed by atoms with van der Waals surface area (Å²) in [6, 6.07) is 11.1. The van der Waals surface area contributed by atoms with E-state index in [4.69, 9.17) is 10.1 Å². The van der Waals surface area contributed by atoms with Crippen LogP contribution in [-0.2, 0) is 17.8 Å². The monoisotopic (exact) mass is 446 g/mol. The number of rotatable bonds is 6. The van der Waals surface area contributed by atoms with Crippen LogP contribution in [0.2, 0.25) is 0 Å². The summed E-state index contributed by atoms with van der Waals surface area (Å²) in [5.41, 5.74) is 2.62. The zero-order chi connectivity index (χ0) is 23.1. The highest BCUT2D eigenvalue weighted by Gasteiger charge is 2.49. The number of likely N-dealkylation sites (N-methyl/N-ethyl adjacent to an activating group) is 1. The van der Waals surface area contributed by atoms with E-state index in [0.717, 1.165) is 16.9 Å². The Morgan fingerprint density at radius 2 is 1.91 bits per heavy atom. The largest absolute Gasteiger partial charge is 0.478 e. The first-order valence-corrected chi connectivity index (χ1v) is 10.6. The molecule has 4 heterocycles. The molecule has 0 aliphatic carbocycles. The minimum Gasteiger partial charge on any atom is -0.478 e. The van der Waals surface area contributed by atoms with E-state index >= 15 is 0 Å². The zero-order valence-electron chi connectivity index (χ0n) is 17.9. The standard InChI is InChI=1S/C23H22N6O4/c1-2-28-20-19(21(30)26-23(28)33)29(12-14-6-8-15(9-7-14)22(31)32)18(25-20)11-16-13-27-10-4-3-5-17(27)24-16/h3-10,13,19-20H,2,11-12H2,1H3,(H,31,32)(H,26,30,33). The van der Waals surface area contributed by atoms with Gasteiger partial charge in [0.1, 0.15) is 11.5 Å². The summed E-state index contributed by atoms with van der Waals surface area (Å²) in [4.78, 5) is 49.3. The molecule has 5 rings (SSSR count). The summed E-state index contributed by atoms with van der Waals surface area (Å²) in [5, 5.41) is 11.6. The lowest BCUT2D eigenvalue weighted by Gasteiger charge is -2.37. The fraction of sp³-hybridized carbons (Fsp3) is 0.261. The van der Waals surface area contributed by atoms with Crippen LogP contribution in [0.1, 0.15) is 28.5 Å². The van der Waals surface area contributed by atoms with Gasteiger partial charge < -0.3 is 14.4 Å². The fourth-order valence-electron chi connectivity index (χ4n) is 4.36. The molecule has 168 valence electrons. The molecule has 2 aliphatic heterocycles. The van der Waals surface area contributed by atoms with Gasteiger partial charge in [-0.05, 0) is 36.8 Å². The van der Waals surface area contributed by atoms with E-state index in [1.165, 1.54) is 12.1 Å². The highest BCUT2D eigenvalue weighted by Crippen LogP contribution is 2.28. The predicted molar refractivity (Wildman–Crippen MR) is 119 cm³/mol. The van der Waals surface area contributed by atoms with Crippen molar-refractivity contribution in [2.45, 2.75) is 32.1 Å². The van der Waals surface area contributed by atoms with Gasteiger partial charge in [-0.1, -0.05) is 18.2 Å². The number of fused-ring (bicyclic) bond motifs is 2. The molecule has 0 spiro atoms. The van der Waals surface area contributed by atoms with Crippen LogP contribution >= 0.6 is 0 Å². The maximum atomic E-state index is 12.9. The Morgan fingerprint density at radius 1 is 1.12 bits per heavy atom. The van der Waals surface area contributed by atoms with Crippen molar-refractivity contribution in [3.05, 3.63) is 71.7 Å². The van der Waals surface area contributed by atoms with Crippen molar-refractivity contribution in [3.8, 4) is 0 Å². The Kier molecular flexibility index (Phi) is 5.04. The van der Waals surface area contributed by atoms with Crippen LogP contribution in [0, 0.1) is 0 Å². The number of imide groups is 1. The average molecular weight is 446 g/mol. The number of carboxylic acid groups (broad SMARTS) is 1. The third-order valence-electron chi connectivity index (χ3n) is 5.96. The topological polar surface area (TPSA) is 120 Å². The number of aromatic nitrogens is 2. The first kappa shape index (κ1) is 20.7. The summed E-state index contributed by atoms with van der Waals surface area (Å²) in [6.07, 6.45) is 3.60. The first-order chi connectivity index (χ1) is 15.9. The molecule has 2 N–H and O–H groups in total. The molecule has 0 radical (unpaired) electrons. The third-order valence-corrected chi connectivity index (χ3v) is 5.96. The fourth-order valence-corrected chi connectivity index (χ4v) is 4.36. The molecular weight excluding hydrogens is 424 g/mol. The quantitative estimate of drug-likeness (QED) is 0.595. The number of amidine groups is 1. The van der Waals surface area contributed by atoms with Gasteiger partial charge in [0.2, 0.25) is 0 Å². The van der Waals surface area contributed by atoms with Gasteiger partial charge >= 0.3 is 12.0 Å². The Bertz CT molecular complexity index is 1250. The van der Waals surface area contributed by atoms with Gasteiger partial charge in [-0.25, -0.2) is 19.6 Å². The highest BCUT2D eigenvalue weighted by molar-refractivity contribution is 6.04. The van der Waals surface area contributed by atoms with Crippen LogP contribution in [0.25, 0.3) is 5.65 Å². The molecule has 0 bridgehead atoms. The van der Waals surface area contributed by atoms with Gasteiger partial charge in [0.15, 0.2) is 12.2 Å². The lowest BCUT2D eigenvalue weighted by molar-refractivity contribution is -0.127. The molecule has 3 amide bonds. The van der Waals surface area contributed by atoms with E-state index in [0.29, 0.717) is 25.3 Å². The lowest BCUT2D eigenvalue weighted by Crippen LogP contribution is -2.64. The number of carbonyl (C=O) groups excluding carboxylic acids is 2. The van der Waals surface area contributed by atoms with E-state index in [-0.39, 0.29) is 5.56 Å². The number of aromatic carboxylic acids is 1. The molecule has 1 aromatic carbocycles. The molecule has 2 atom stereocenters. The number of carboxylic acids is 1. The second-order valence-corrected chi connectivity index (χ2v) is 7.99. The number of imidazole rings is 1. The van der Waals surface area contributed by atoms with Crippen molar-refractivity contribution in [2.75, 3.05) is 6.54 Å². The molecule has 2 aromatic heterocycles. The molecule has 3 aromatic rings. The molecule has 2 aliphatic rings. The molecule has 10 heteroatoms. The van der Waals surface area contributed by atoms with Gasteiger partial charge in [0.05, 0.1) is 11.3 Å². The smallest absolute Gasteiger partial charge is 0.335 e. The van der Waals surface area contributed by atoms with Crippen molar-refractivity contribution in [1.82, 2.24) is 24.5 Å². The summed E-state index contributed by atoms with van der Waals surface area (Å²) in [7, 11) is 0. The van der Waals surface area contributed by atoms with Gasteiger partial charge in [0, 0.05) is 31.9 Å². The van der Waals surface area contributed by atoms with Crippen molar-refractivity contribution >= 4 is 29.4 Å². The van der Waals surface area contributed by atoms with Crippen molar-refractivity contribution in [2.24, 2.45) is 4.99 Å².